The molecule has 0 spiro atoms. The molecule has 1 aliphatic rings. The van der Waals surface area contributed by atoms with E-state index in [4.69, 9.17) is 4.42 Å². The lowest BCUT2D eigenvalue weighted by Gasteiger charge is -2.38. The van der Waals surface area contributed by atoms with Gasteiger partial charge in [0.1, 0.15) is 0 Å². The van der Waals surface area contributed by atoms with Crippen molar-refractivity contribution in [2.75, 3.05) is 47.9 Å². The van der Waals surface area contributed by atoms with Gasteiger partial charge in [0.05, 0.1) is 30.3 Å². The lowest BCUT2D eigenvalue weighted by atomic mass is 10.1. The minimum absolute atomic E-state index is 0.185. The Kier molecular flexibility index (Phi) is 7.94. The summed E-state index contributed by atoms with van der Waals surface area (Å²) in [6.07, 6.45) is 1.45. The maximum absolute atomic E-state index is 13.2. The van der Waals surface area contributed by atoms with Crippen molar-refractivity contribution in [3.63, 3.8) is 0 Å². The monoisotopic (exact) mass is 524 g/mol. The number of hydrogen-bond acceptors (Lipinski definition) is 6. The summed E-state index contributed by atoms with van der Waals surface area (Å²) in [6, 6.07) is 25.7. The predicted octanol–water partition coefficient (Wildman–Crippen LogP) is 4.63. The van der Waals surface area contributed by atoms with Crippen molar-refractivity contribution < 1.29 is 19.1 Å². The Morgan fingerprint density at radius 2 is 1.54 bits per heavy atom. The summed E-state index contributed by atoms with van der Waals surface area (Å²) in [7, 11) is 0. The topological polar surface area (TPSA) is 98.0 Å². The zero-order valence-corrected chi connectivity index (χ0v) is 21.8. The highest BCUT2D eigenvalue weighted by Crippen LogP contribution is 2.31. The molecule has 1 aliphatic heterocycles. The van der Waals surface area contributed by atoms with Gasteiger partial charge in [0.2, 0.25) is 0 Å². The van der Waals surface area contributed by atoms with Crippen LogP contribution in [-0.4, -0.2) is 49.7 Å². The lowest BCUT2D eigenvalue weighted by molar-refractivity contribution is 0.0915. The fraction of sp³-hybridized carbons (Fsp3) is 0.226. The van der Waals surface area contributed by atoms with Gasteiger partial charge >= 0.3 is 0 Å². The molecule has 0 aliphatic carbocycles. The number of piperazine rings is 1. The van der Waals surface area contributed by atoms with E-state index in [0.29, 0.717) is 11.3 Å². The van der Waals surface area contributed by atoms with Gasteiger partial charge in [-0.25, -0.2) is 0 Å². The molecule has 5 rings (SSSR count). The smallest absolute Gasteiger partial charge is 0.291 e. The third kappa shape index (κ3) is 5.97. The van der Waals surface area contributed by atoms with Crippen molar-refractivity contribution in [2.45, 2.75) is 13.0 Å². The lowest BCUT2D eigenvalue weighted by Crippen LogP contribution is -2.47. The molecule has 1 unspecified atom stereocenters. The minimum atomic E-state index is -0.547. The molecule has 200 valence electrons. The minimum Gasteiger partial charge on any atom is -0.459 e. The van der Waals surface area contributed by atoms with E-state index in [0.717, 1.165) is 37.4 Å². The van der Waals surface area contributed by atoms with Crippen LogP contribution in [0.3, 0.4) is 0 Å². The quantitative estimate of drug-likeness (QED) is 0.311. The average molecular weight is 525 g/mol. The first-order chi connectivity index (χ1) is 19.0. The van der Waals surface area contributed by atoms with E-state index in [1.54, 1.807) is 24.3 Å². The first-order valence-electron chi connectivity index (χ1n) is 13.0. The Labute approximate surface area is 227 Å². The number of anilines is 3. The number of para-hydroxylation sites is 1. The number of rotatable bonds is 8. The van der Waals surface area contributed by atoms with Crippen LogP contribution < -0.4 is 20.4 Å². The number of benzene rings is 3. The van der Waals surface area contributed by atoms with Gasteiger partial charge in [-0.05, 0) is 54.4 Å². The summed E-state index contributed by atoms with van der Waals surface area (Å²) in [6.45, 7) is 5.05. The Morgan fingerprint density at radius 3 is 2.21 bits per heavy atom. The fourth-order valence-electron chi connectivity index (χ4n) is 4.91. The molecule has 8 heteroatoms. The van der Waals surface area contributed by atoms with Crippen molar-refractivity contribution in [2.24, 2.45) is 0 Å². The number of aliphatic hydroxyl groups excluding tert-OH is 1. The van der Waals surface area contributed by atoms with Crippen LogP contribution in [0.15, 0.2) is 95.6 Å². The van der Waals surface area contributed by atoms with Crippen LogP contribution in [0.1, 0.15) is 38.1 Å². The van der Waals surface area contributed by atoms with E-state index in [9.17, 15) is 14.7 Å². The van der Waals surface area contributed by atoms with E-state index in [-0.39, 0.29) is 18.3 Å². The molecule has 1 saturated heterocycles. The second-order valence-electron chi connectivity index (χ2n) is 9.54. The van der Waals surface area contributed by atoms with Crippen molar-refractivity contribution in [1.82, 2.24) is 5.32 Å². The summed E-state index contributed by atoms with van der Waals surface area (Å²) in [4.78, 5) is 30.7. The number of aryl methyl sites for hydroxylation is 1. The standard InChI is InChI=1S/C31H32N4O4/c1-22-8-5-6-11-27(22)34-15-17-35(18-16-34)28-14-13-24(20-25(28)32-31(38)29-12-7-19-39-29)30(37)33-26(21-36)23-9-3-2-4-10-23/h2-14,19-20,26,36H,15-18,21H2,1H3,(H,32,38)(H,33,37). The summed E-state index contributed by atoms with van der Waals surface area (Å²) in [5.41, 5.74) is 5.01. The molecule has 3 N–H and O–H groups in total. The summed E-state index contributed by atoms with van der Waals surface area (Å²) < 4.78 is 5.28. The van der Waals surface area contributed by atoms with Crippen LogP contribution in [0, 0.1) is 6.92 Å². The Balaban J connectivity index is 1.37. The second kappa shape index (κ2) is 11.9. The third-order valence-electron chi connectivity index (χ3n) is 7.02. The van der Waals surface area contributed by atoms with Crippen LogP contribution in [-0.2, 0) is 0 Å². The molecule has 39 heavy (non-hydrogen) atoms. The van der Waals surface area contributed by atoms with Crippen molar-refractivity contribution in [3.05, 3.63) is 114 Å². The first-order valence-corrected chi connectivity index (χ1v) is 13.0. The molecule has 4 aromatic rings. The van der Waals surface area contributed by atoms with Crippen molar-refractivity contribution >= 4 is 28.9 Å². The molecule has 0 saturated carbocycles. The van der Waals surface area contributed by atoms with Gasteiger partial charge in [0.15, 0.2) is 5.76 Å². The maximum atomic E-state index is 13.2. The van der Waals surface area contributed by atoms with Crippen LogP contribution in [0.4, 0.5) is 17.1 Å². The highest BCUT2D eigenvalue weighted by Gasteiger charge is 2.23. The van der Waals surface area contributed by atoms with Crippen LogP contribution in [0.25, 0.3) is 0 Å². The van der Waals surface area contributed by atoms with Gasteiger partial charge in [-0.2, -0.15) is 0 Å². The van der Waals surface area contributed by atoms with Crippen molar-refractivity contribution in [1.29, 1.82) is 0 Å². The van der Waals surface area contributed by atoms with Crippen molar-refractivity contribution in [3.8, 4) is 0 Å². The molecule has 8 nitrogen and oxygen atoms in total. The van der Waals surface area contributed by atoms with Gasteiger partial charge in [-0.15, -0.1) is 0 Å². The van der Waals surface area contributed by atoms with E-state index < -0.39 is 11.9 Å². The molecule has 1 atom stereocenters. The van der Waals surface area contributed by atoms with Gasteiger partial charge in [-0.1, -0.05) is 48.5 Å². The molecule has 2 amide bonds. The first kappa shape index (κ1) is 26.1. The van der Waals surface area contributed by atoms with Gasteiger partial charge in [-0.3, -0.25) is 9.59 Å². The molecule has 3 aromatic carbocycles. The van der Waals surface area contributed by atoms with Crippen LogP contribution in [0.2, 0.25) is 0 Å². The van der Waals surface area contributed by atoms with Gasteiger partial charge in [0.25, 0.3) is 11.8 Å². The van der Waals surface area contributed by atoms with Crippen LogP contribution in [0.5, 0.6) is 0 Å². The Morgan fingerprint density at radius 1 is 0.846 bits per heavy atom. The second-order valence-corrected chi connectivity index (χ2v) is 9.54. The molecule has 0 radical (unpaired) electrons. The molecule has 2 heterocycles. The fourth-order valence-corrected chi connectivity index (χ4v) is 4.91. The maximum Gasteiger partial charge on any atom is 0.291 e. The van der Waals surface area contributed by atoms with E-state index >= 15 is 0 Å². The predicted molar refractivity (Wildman–Crippen MR) is 152 cm³/mol. The Hall–Kier alpha value is -4.56. The molecule has 1 fully saturated rings. The number of nitrogens with zero attached hydrogens (tertiary/aromatic N) is 2. The molecular weight excluding hydrogens is 492 g/mol. The number of furan rings is 1. The largest absolute Gasteiger partial charge is 0.459 e. The van der Waals surface area contributed by atoms with Gasteiger partial charge < -0.3 is 30.0 Å². The number of aliphatic hydroxyl groups is 1. The summed E-state index contributed by atoms with van der Waals surface area (Å²) in [5.74, 6) is -0.554. The molecule has 1 aromatic heterocycles. The highest BCUT2D eigenvalue weighted by molar-refractivity contribution is 6.05. The zero-order chi connectivity index (χ0) is 27.2. The summed E-state index contributed by atoms with van der Waals surface area (Å²) >= 11 is 0. The number of nitrogens with one attached hydrogen (secondary N) is 2. The number of carbonyl (C=O) groups is 2. The number of carbonyl (C=O) groups excluding carboxylic acids is 2. The normalized spacial score (nSPS) is 14.1. The SMILES string of the molecule is Cc1ccccc1N1CCN(c2ccc(C(=O)NC(CO)c3ccccc3)cc2NC(=O)c2ccco2)CC1. The van der Waals surface area contributed by atoms with Gasteiger partial charge in [0, 0.05) is 37.4 Å². The summed E-state index contributed by atoms with van der Waals surface area (Å²) in [5, 5.41) is 15.7. The van der Waals surface area contributed by atoms with E-state index in [1.165, 1.54) is 17.5 Å². The number of amides is 2. The Bertz CT molecular complexity index is 1410. The highest BCUT2D eigenvalue weighted by atomic mass is 16.3. The van der Waals surface area contributed by atoms with E-state index in [2.05, 4.69) is 45.6 Å². The average Bonchev–Trinajstić information content (AvgIpc) is 3.52. The number of hydrogen-bond donors (Lipinski definition) is 3. The molecular formula is C31H32N4O4. The van der Waals surface area contributed by atoms with E-state index in [1.807, 2.05) is 42.5 Å². The molecule has 0 bridgehead atoms. The van der Waals surface area contributed by atoms with Crippen LogP contribution >= 0.6 is 0 Å². The third-order valence-corrected chi connectivity index (χ3v) is 7.02. The zero-order valence-electron chi connectivity index (χ0n) is 21.8.